The second-order valence-corrected chi connectivity index (χ2v) is 9.47. The molecule has 1 aromatic heterocycles. The fourth-order valence-corrected chi connectivity index (χ4v) is 4.57. The highest BCUT2D eigenvalue weighted by Gasteiger charge is 2.31. The molecule has 0 saturated carbocycles. The van der Waals surface area contributed by atoms with Gasteiger partial charge in [0.25, 0.3) is 0 Å². The molecule has 9 heteroatoms. The average molecular weight is 450 g/mol. The third-order valence-electron chi connectivity index (χ3n) is 5.10. The summed E-state index contributed by atoms with van der Waals surface area (Å²) in [5.41, 5.74) is 2.45. The third kappa shape index (κ3) is 5.74. The molecule has 0 unspecified atom stereocenters. The number of hydrogen-bond donors (Lipinski definition) is 1. The van der Waals surface area contributed by atoms with E-state index < -0.39 is 16.1 Å². The minimum absolute atomic E-state index is 0.0650. The number of rotatable bonds is 9. The molecular weight excluding hydrogens is 418 g/mol. The Hall–Kier alpha value is -2.65. The number of hydrogen-bond acceptors (Lipinski definition) is 6. The van der Waals surface area contributed by atoms with Gasteiger partial charge in [0.05, 0.1) is 31.4 Å². The summed E-state index contributed by atoms with van der Waals surface area (Å²) in [7, 11) is 0.837. The molecular formula is C22H31N3O5S. The molecule has 0 radical (unpaired) electrons. The number of nitrogens with one attached hydrogen (secondary N) is 1. The molecule has 1 aromatic carbocycles. The van der Waals surface area contributed by atoms with Crippen molar-refractivity contribution in [1.29, 1.82) is 0 Å². The molecule has 0 fully saturated rings. The van der Waals surface area contributed by atoms with Crippen molar-refractivity contribution >= 4 is 15.9 Å². The highest BCUT2D eigenvalue weighted by molar-refractivity contribution is 7.89. The predicted octanol–water partition coefficient (Wildman–Crippen LogP) is 2.68. The lowest BCUT2D eigenvalue weighted by Gasteiger charge is -2.27. The number of carbonyl (C=O) groups is 1. The minimum Gasteiger partial charge on any atom is -0.497 e. The molecule has 0 spiro atoms. The second kappa shape index (κ2) is 10.1. The van der Waals surface area contributed by atoms with Gasteiger partial charge in [-0.25, -0.2) is 8.42 Å². The molecule has 0 aliphatic rings. The van der Waals surface area contributed by atoms with Crippen LogP contribution in [-0.2, 0) is 21.4 Å². The van der Waals surface area contributed by atoms with Crippen LogP contribution in [0.5, 0.6) is 11.5 Å². The Morgan fingerprint density at radius 3 is 2.26 bits per heavy atom. The molecule has 2 rings (SSSR count). The lowest BCUT2D eigenvalue weighted by atomic mass is 10.0. The van der Waals surface area contributed by atoms with Crippen molar-refractivity contribution in [1.82, 2.24) is 14.6 Å². The molecule has 1 amide bonds. The number of likely N-dealkylation sites (N-methyl/N-ethyl adjacent to an activating group) is 1. The summed E-state index contributed by atoms with van der Waals surface area (Å²) in [6.07, 6.45) is 1.70. The van der Waals surface area contributed by atoms with Gasteiger partial charge >= 0.3 is 0 Å². The van der Waals surface area contributed by atoms with E-state index in [0.29, 0.717) is 11.4 Å². The number of nitrogens with zero attached hydrogens (tertiary/aromatic N) is 2. The van der Waals surface area contributed by atoms with Gasteiger partial charge < -0.3 is 14.4 Å². The van der Waals surface area contributed by atoms with Gasteiger partial charge in [-0.3, -0.25) is 9.78 Å². The number of methoxy groups -OCH3 is 2. The monoisotopic (exact) mass is 449 g/mol. The molecule has 31 heavy (non-hydrogen) atoms. The van der Waals surface area contributed by atoms with E-state index in [9.17, 15) is 13.2 Å². The standard InChI is InChI=1S/C22H31N3O5S/c1-14(2)20(24-31(27,28)18-10-8-17(29-6)9-11-18)22(26)25(5)13-19-16(4)21(30-7)15(3)12-23-19/h8-12,14,20,24H,13H2,1-7H3/t20-/m0/s1. The summed E-state index contributed by atoms with van der Waals surface area (Å²) in [6.45, 7) is 7.62. The fraction of sp³-hybridized carbons (Fsp3) is 0.455. The first kappa shape index (κ1) is 24.6. The number of carbonyl (C=O) groups excluding carboxylic acids is 1. The van der Waals surface area contributed by atoms with Gasteiger partial charge in [0.1, 0.15) is 17.5 Å². The van der Waals surface area contributed by atoms with Crippen molar-refractivity contribution < 1.29 is 22.7 Å². The van der Waals surface area contributed by atoms with E-state index >= 15 is 0 Å². The Morgan fingerprint density at radius 2 is 1.74 bits per heavy atom. The third-order valence-corrected chi connectivity index (χ3v) is 6.55. The molecule has 8 nitrogen and oxygen atoms in total. The maximum absolute atomic E-state index is 13.2. The molecule has 2 aromatic rings. The van der Waals surface area contributed by atoms with Gasteiger partial charge in [0, 0.05) is 24.4 Å². The zero-order valence-corrected chi connectivity index (χ0v) is 19.9. The number of sulfonamides is 1. The maximum atomic E-state index is 13.2. The fourth-order valence-electron chi connectivity index (χ4n) is 3.23. The number of aromatic nitrogens is 1. The molecule has 1 atom stereocenters. The Kier molecular flexibility index (Phi) is 8.02. The molecule has 0 aliphatic carbocycles. The molecule has 1 heterocycles. The van der Waals surface area contributed by atoms with Gasteiger partial charge in [0.15, 0.2) is 0 Å². The first-order valence-electron chi connectivity index (χ1n) is 9.92. The second-order valence-electron chi connectivity index (χ2n) is 7.76. The van der Waals surface area contributed by atoms with Crippen LogP contribution in [0.2, 0.25) is 0 Å². The van der Waals surface area contributed by atoms with E-state index in [0.717, 1.165) is 16.9 Å². The lowest BCUT2D eigenvalue weighted by Crippen LogP contribution is -2.50. The van der Waals surface area contributed by atoms with Gasteiger partial charge in [0.2, 0.25) is 15.9 Å². The van der Waals surface area contributed by atoms with Crippen LogP contribution in [0.15, 0.2) is 35.4 Å². The van der Waals surface area contributed by atoms with Crippen molar-refractivity contribution in [2.45, 2.75) is 45.2 Å². The van der Waals surface area contributed by atoms with Crippen molar-refractivity contribution in [3.05, 3.63) is 47.3 Å². The van der Waals surface area contributed by atoms with Crippen molar-refractivity contribution in [2.75, 3.05) is 21.3 Å². The highest BCUT2D eigenvalue weighted by Crippen LogP contribution is 2.25. The van der Waals surface area contributed by atoms with E-state index in [-0.39, 0.29) is 23.3 Å². The summed E-state index contributed by atoms with van der Waals surface area (Å²) >= 11 is 0. The van der Waals surface area contributed by atoms with Crippen LogP contribution >= 0.6 is 0 Å². The van der Waals surface area contributed by atoms with Crippen LogP contribution in [-0.4, -0.2) is 51.5 Å². The summed E-state index contributed by atoms with van der Waals surface area (Å²) in [6, 6.07) is 5.08. The maximum Gasteiger partial charge on any atom is 0.241 e. The quantitative estimate of drug-likeness (QED) is 0.632. The van der Waals surface area contributed by atoms with Crippen molar-refractivity contribution in [3.63, 3.8) is 0 Å². The number of pyridine rings is 1. The van der Waals surface area contributed by atoms with E-state index in [1.165, 1.54) is 24.1 Å². The number of ether oxygens (including phenoxy) is 2. The first-order chi connectivity index (χ1) is 14.5. The number of amides is 1. The van der Waals surface area contributed by atoms with Gasteiger partial charge in [-0.2, -0.15) is 4.72 Å². The molecule has 0 bridgehead atoms. The minimum atomic E-state index is -3.89. The van der Waals surface area contributed by atoms with Crippen LogP contribution in [0.1, 0.15) is 30.7 Å². The SMILES string of the molecule is COc1ccc(S(=O)(=O)N[C@H](C(=O)N(C)Cc2ncc(C)c(OC)c2C)C(C)C)cc1. The van der Waals surface area contributed by atoms with Crippen molar-refractivity contribution in [3.8, 4) is 11.5 Å². The van der Waals surface area contributed by atoms with Gasteiger partial charge in [-0.1, -0.05) is 13.8 Å². The molecule has 0 saturated heterocycles. The molecule has 170 valence electrons. The number of benzene rings is 1. The van der Waals surface area contributed by atoms with Crippen LogP contribution in [0.4, 0.5) is 0 Å². The van der Waals surface area contributed by atoms with Crippen LogP contribution < -0.4 is 14.2 Å². The summed E-state index contributed by atoms with van der Waals surface area (Å²) in [5.74, 6) is 0.676. The van der Waals surface area contributed by atoms with Gasteiger partial charge in [-0.15, -0.1) is 0 Å². The summed E-state index contributed by atoms with van der Waals surface area (Å²) in [4.78, 5) is 19.1. The summed E-state index contributed by atoms with van der Waals surface area (Å²) in [5, 5.41) is 0. The zero-order valence-electron chi connectivity index (χ0n) is 19.1. The molecule has 1 N–H and O–H groups in total. The van der Waals surface area contributed by atoms with E-state index in [1.807, 2.05) is 13.8 Å². The Morgan fingerprint density at radius 1 is 1.13 bits per heavy atom. The van der Waals surface area contributed by atoms with Crippen LogP contribution in [0.3, 0.4) is 0 Å². The summed E-state index contributed by atoms with van der Waals surface area (Å²) < 4.78 is 38.8. The zero-order chi connectivity index (χ0) is 23.3. The normalized spacial score (nSPS) is 12.5. The Labute approximate surface area is 184 Å². The van der Waals surface area contributed by atoms with Crippen LogP contribution in [0.25, 0.3) is 0 Å². The largest absolute Gasteiger partial charge is 0.497 e. The van der Waals surface area contributed by atoms with E-state index in [4.69, 9.17) is 9.47 Å². The van der Waals surface area contributed by atoms with Crippen molar-refractivity contribution in [2.24, 2.45) is 5.92 Å². The smallest absolute Gasteiger partial charge is 0.241 e. The first-order valence-corrected chi connectivity index (χ1v) is 11.4. The predicted molar refractivity (Wildman–Crippen MR) is 119 cm³/mol. The average Bonchev–Trinajstić information content (AvgIpc) is 2.73. The van der Waals surface area contributed by atoms with Gasteiger partial charge in [-0.05, 0) is 44.0 Å². The lowest BCUT2D eigenvalue weighted by molar-refractivity contribution is -0.133. The Bertz CT molecular complexity index is 1020. The van der Waals surface area contributed by atoms with E-state index in [2.05, 4.69) is 9.71 Å². The topological polar surface area (TPSA) is 97.8 Å². The number of aryl methyl sites for hydroxylation is 1. The molecule has 0 aliphatic heterocycles. The highest BCUT2D eigenvalue weighted by atomic mass is 32.2. The Balaban J connectivity index is 2.23. The van der Waals surface area contributed by atoms with E-state index in [1.54, 1.807) is 46.3 Å². The van der Waals surface area contributed by atoms with Crippen LogP contribution in [0, 0.1) is 19.8 Å².